The van der Waals surface area contributed by atoms with E-state index < -0.39 is 23.8 Å². The van der Waals surface area contributed by atoms with Gasteiger partial charge in [-0.2, -0.15) is 13.2 Å². The van der Waals surface area contributed by atoms with E-state index in [0.717, 1.165) is 18.2 Å². The number of ether oxygens (including phenoxy) is 1. The van der Waals surface area contributed by atoms with Crippen molar-refractivity contribution >= 4 is 23.2 Å². The number of benzene rings is 2. The Morgan fingerprint density at radius 2 is 1.88 bits per heavy atom. The molecule has 2 aromatic rings. The second-order valence-corrected chi connectivity index (χ2v) is 5.42. The van der Waals surface area contributed by atoms with Gasteiger partial charge in [0.05, 0.1) is 16.3 Å². The van der Waals surface area contributed by atoms with Crippen molar-refractivity contribution in [2.45, 2.75) is 25.6 Å². The maximum atomic E-state index is 12.8. The molecule has 0 heterocycles. The highest BCUT2D eigenvalue weighted by Gasteiger charge is 2.31. The van der Waals surface area contributed by atoms with Crippen molar-refractivity contribution in [3.63, 3.8) is 0 Å². The molecule has 1 amide bonds. The lowest BCUT2D eigenvalue weighted by molar-refractivity contribution is -0.137. The normalized spacial score (nSPS) is 12.5. The van der Waals surface area contributed by atoms with Crippen LogP contribution >= 0.6 is 11.6 Å². The summed E-state index contributed by atoms with van der Waals surface area (Å²) in [5.41, 5.74) is -0.995. The average molecular weight is 358 g/mol. The molecule has 1 unspecified atom stereocenters. The highest BCUT2D eigenvalue weighted by Crippen LogP contribution is 2.34. The SMILES string of the molecule is CCC(Oc1ccccc1)C(=O)Nc1cc(C(F)(F)F)ccc1Cl. The lowest BCUT2D eigenvalue weighted by Gasteiger charge is -2.18. The molecule has 0 saturated carbocycles. The van der Waals surface area contributed by atoms with Crippen LogP contribution in [0.2, 0.25) is 5.02 Å². The van der Waals surface area contributed by atoms with Crippen molar-refractivity contribution < 1.29 is 22.7 Å². The molecule has 2 rings (SSSR count). The van der Waals surface area contributed by atoms with Gasteiger partial charge >= 0.3 is 6.18 Å². The van der Waals surface area contributed by atoms with E-state index >= 15 is 0 Å². The van der Waals surface area contributed by atoms with Gasteiger partial charge in [0.25, 0.3) is 5.91 Å². The van der Waals surface area contributed by atoms with Gasteiger partial charge < -0.3 is 10.1 Å². The number of halogens is 4. The monoisotopic (exact) mass is 357 g/mol. The van der Waals surface area contributed by atoms with Crippen molar-refractivity contribution in [2.75, 3.05) is 5.32 Å². The van der Waals surface area contributed by atoms with Crippen LogP contribution in [0.1, 0.15) is 18.9 Å². The Balaban J connectivity index is 2.15. The van der Waals surface area contributed by atoms with E-state index in [1.54, 1.807) is 37.3 Å². The van der Waals surface area contributed by atoms with Crippen molar-refractivity contribution in [3.05, 3.63) is 59.1 Å². The standard InChI is InChI=1S/C17H15ClF3NO2/c1-2-15(24-12-6-4-3-5-7-12)16(23)22-14-10-11(17(19,20)21)8-9-13(14)18/h3-10,15H,2H2,1H3,(H,22,23). The Labute approximate surface area is 142 Å². The molecule has 0 aliphatic carbocycles. The average Bonchev–Trinajstić information content (AvgIpc) is 2.54. The predicted octanol–water partition coefficient (Wildman–Crippen LogP) is 5.15. The zero-order chi connectivity index (χ0) is 17.7. The maximum Gasteiger partial charge on any atom is 0.416 e. The summed E-state index contributed by atoms with van der Waals surface area (Å²) in [4.78, 5) is 12.3. The third-order valence-electron chi connectivity index (χ3n) is 3.24. The molecule has 0 aliphatic heterocycles. The number of nitrogens with one attached hydrogen (secondary N) is 1. The quantitative estimate of drug-likeness (QED) is 0.803. The van der Waals surface area contributed by atoms with Crippen LogP contribution in [0.3, 0.4) is 0 Å². The molecule has 0 aromatic heterocycles. The Morgan fingerprint density at radius 1 is 1.21 bits per heavy atom. The first-order chi connectivity index (χ1) is 11.3. The van der Waals surface area contributed by atoms with Crippen LogP contribution in [0.5, 0.6) is 5.75 Å². The van der Waals surface area contributed by atoms with Crippen LogP contribution in [0.25, 0.3) is 0 Å². The fourth-order valence-electron chi connectivity index (χ4n) is 2.00. The molecule has 3 nitrogen and oxygen atoms in total. The Hall–Kier alpha value is -2.21. The molecule has 0 saturated heterocycles. The van der Waals surface area contributed by atoms with E-state index in [-0.39, 0.29) is 10.7 Å². The van der Waals surface area contributed by atoms with Gasteiger partial charge in [0.1, 0.15) is 5.75 Å². The number of para-hydroxylation sites is 1. The number of alkyl halides is 3. The Morgan fingerprint density at radius 3 is 2.46 bits per heavy atom. The maximum absolute atomic E-state index is 12.8. The van der Waals surface area contributed by atoms with E-state index in [1.807, 2.05) is 0 Å². The molecule has 0 fully saturated rings. The molecule has 0 spiro atoms. The Kier molecular flexibility index (Phi) is 5.72. The van der Waals surface area contributed by atoms with Crippen LogP contribution in [0.15, 0.2) is 48.5 Å². The molecule has 128 valence electrons. The summed E-state index contributed by atoms with van der Waals surface area (Å²) in [6.45, 7) is 1.74. The molecule has 1 N–H and O–H groups in total. The van der Waals surface area contributed by atoms with Gasteiger partial charge in [0, 0.05) is 0 Å². The zero-order valence-electron chi connectivity index (χ0n) is 12.7. The molecule has 24 heavy (non-hydrogen) atoms. The zero-order valence-corrected chi connectivity index (χ0v) is 13.5. The molecule has 0 aliphatic rings. The largest absolute Gasteiger partial charge is 0.481 e. The minimum absolute atomic E-state index is 0.0194. The van der Waals surface area contributed by atoms with Crippen molar-refractivity contribution in [1.82, 2.24) is 0 Å². The number of rotatable bonds is 5. The lowest BCUT2D eigenvalue weighted by atomic mass is 10.1. The topological polar surface area (TPSA) is 38.3 Å². The smallest absolute Gasteiger partial charge is 0.416 e. The van der Waals surface area contributed by atoms with Gasteiger partial charge in [-0.1, -0.05) is 36.7 Å². The van der Waals surface area contributed by atoms with Gasteiger partial charge in [0.15, 0.2) is 6.10 Å². The van der Waals surface area contributed by atoms with Gasteiger partial charge in [0.2, 0.25) is 0 Å². The van der Waals surface area contributed by atoms with Gasteiger partial charge in [-0.15, -0.1) is 0 Å². The summed E-state index contributed by atoms with van der Waals surface area (Å²) >= 11 is 5.88. The third kappa shape index (κ3) is 4.64. The number of carbonyl (C=O) groups is 1. The van der Waals surface area contributed by atoms with Gasteiger partial charge in [-0.05, 0) is 36.8 Å². The molecule has 0 radical (unpaired) electrons. The fraction of sp³-hybridized carbons (Fsp3) is 0.235. The number of anilines is 1. The van der Waals surface area contributed by atoms with Gasteiger partial charge in [-0.3, -0.25) is 4.79 Å². The summed E-state index contributed by atoms with van der Waals surface area (Å²) < 4.78 is 43.9. The first kappa shape index (κ1) is 18.1. The van der Waals surface area contributed by atoms with Crippen LogP contribution in [0, 0.1) is 0 Å². The molecular formula is C17H15ClF3NO2. The van der Waals surface area contributed by atoms with Crippen LogP contribution in [0.4, 0.5) is 18.9 Å². The van der Waals surface area contributed by atoms with Gasteiger partial charge in [-0.25, -0.2) is 0 Å². The molecule has 0 bridgehead atoms. The van der Waals surface area contributed by atoms with Crippen LogP contribution < -0.4 is 10.1 Å². The molecule has 2 aromatic carbocycles. The minimum Gasteiger partial charge on any atom is -0.481 e. The number of hydrogen-bond acceptors (Lipinski definition) is 2. The lowest BCUT2D eigenvalue weighted by Crippen LogP contribution is -2.32. The van der Waals surface area contributed by atoms with Crippen LogP contribution in [-0.2, 0) is 11.0 Å². The van der Waals surface area contributed by atoms with Crippen molar-refractivity contribution in [1.29, 1.82) is 0 Å². The number of hydrogen-bond donors (Lipinski definition) is 1. The fourth-order valence-corrected chi connectivity index (χ4v) is 2.16. The number of carbonyl (C=O) groups excluding carboxylic acids is 1. The van der Waals surface area contributed by atoms with Crippen molar-refractivity contribution in [3.8, 4) is 5.75 Å². The molecule has 1 atom stereocenters. The molecular weight excluding hydrogens is 343 g/mol. The number of amides is 1. The van der Waals surface area contributed by atoms with E-state index in [9.17, 15) is 18.0 Å². The summed E-state index contributed by atoms with van der Waals surface area (Å²) in [5.74, 6) is -0.0720. The van der Waals surface area contributed by atoms with Crippen LogP contribution in [-0.4, -0.2) is 12.0 Å². The minimum atomic E-state index is -4.52. The highest BCUT2D eigenvalue weighted by atomic mass is 35.5. The van der Waals surface area contributed by atoms with E-state index in [4.69, 9.17) is 16.3 Å². The predicted molar refractivity (Wildman–Crippen MR) is 86.2 cm³/mol. The third-order valence-corrected chi connectivity index (χ3v) is 3.57. The Bertz CT molecular complexity index is 705. The summed E-state index contributed by atoms with van der Waals surface area (Å²) in [5, 5.41) is 2.42. The first-order valence-corrected chi connectivity index (χ1v) is 7.58. The van der Waals surface area contributed by atoms with Crippen molar-refractivity contribution in [2.24, 2.45) is 0 Å². The van der Waals surface area contributed by atoms with E-state index in [0.29, 0.717) is 12.2 Å². The highest BCUT2D eigenvalue weighted by molar-refractivity contribution is 6.33. The second-order valence-electron chi connectivity index (χ2n) is 5.01. The van der Waals surface area contributed by atoms with E-state index in [2.05, 4.69) is 5.32 Å². The summed E-state index contributed by atoms with van der Waals surface area (Å²) in [6.07, 6.45) is -5.02. The molecule has 7 heteroatoms. The van der Waals surface area contributed by atoms with E-state index in [1.165, 1.54) is 0 Å². The summed E-state index contributed by atoms with van der Waals surface area (Å²) in [6, 6.07) is 11.4. The summed E-state index contributed by atoms with van der Waals surface area (Å²) in [7, 11) is 0. The second kappa shape index (κ2) is 7.57. The first-order valence-electron chi connectivity index (χ1n) is 7.20.